The second-order valence-corrected chi connectivity index (χ2v) is 7.44. The number of rotatable bonds is 5. The van der Waals surface area contributed by atoms with Crippen LogP contribution in [0.4, 0.5) is 10.9 Å². The van der Waals surface area contributed by atoms with Gasteiger partial charge in [0.1, 0.15) is 5.82 Å². The Hall–Kier alpha value is -1.89. The van der Waals surface area contributed by atoms with Crippen molar-refractivity contribution >= 4 is 22.3 Å². The molecule has 7 heteroatoms. The van der Waals surface area contributed by atoms with Crippen LogP contribution in [0.15, 0.2) is 22.3 Å². The summed E-state index contributed by atoms with van der Waals surface area (Å²) in [5.74, 6) is 0.894. The molecule has 1 fully saturated rings. The van der Waals surface area contributed by atoms with Crippen molar-refractivity contribution in [3.63, 3.8) is 0 Å². The number of piperidine rings is 1. The van der Waals surface area contributed by atoms with Gasteiger partial charge < -0.3 is 10.2 Å². The van der Waals surface area contributed by atoms with Gasteiger partial charge in [-0.05, 0) is 46.1 Å². The Bertz CT molecular complexity index is 739. The normalized spacial score (nSPS) is 18.2. The molecule has 1 atom stereocenters. The van der Waals surface area contributed by atoms with E-state index in [9.17, 15) is 4.79 Å². The summed E-state index contributed by atoms with van der Waals surface area (Å²) in [6.07, 6.45) is 3.51. The molecule has 130 valence electrons. The molecular formula is C17H25N5OS. The topological polar surface area (TPSA) is 63.1 Å². The molecule has 24 heavy (non-hydrogen) atoms. The summed E-state index contributed by atoms with van der Waals surface area (Å²) >= 11 is 1.64. The highest BCUT2D eigenvalue weighted by Gasteiger charge is 2.24. The molecule has 2 aromatic heterocycles. The number of aryl methyl sites for hydroxylation is 1. The molecule has 0 saturated carbocycles. The predicted octanol–water partition coefficient (Wildman–Crippen LogP) is 3.06. The lowest BCUT2D eigenvalue weighted by Crippen LogP contribution is -2.45. The average molecular weight is 347 g/mol. The zero-order valence-corrected chi connectivity index (χ0v) is 15.3. The van der Waals surface area contributed by atoms with Crippen molar-refractivity contribution in [1.82, 2.24) is 14.8 Å². The maximum atomic E-state index is 12.0. The third kappa shape index (κ3) is 3.77. The zero-order valence-electron chi connectivity index (χ0n) is 14.5. The highest BCUT2D eigenvalue weighted by Crippen LogP contribution is 2.24. The zero-order chi connectivity index (χ0) is 17.1. The Morgan fingerprint density at radius 2 is 2.21 bits per heavy atom. The van der Waals surface area contributed by atoms with Crippen LogP contribution in [0.2, 0.25) is 0 Å². The molecule has 1 N–H and O–H groups in total. The SMILES string of the molecule is Cc1csc(NCC2CCCCN2c2ccc(=O)n(C(C)C)n2)n1. The Kier molecular flexibility index (Phi) is 5.18. The maximum Gasteiger partial charge on any atom is 0.267 e. The summed E-state index contributed by atoms with van der Waals surface area (Å²) in [7, 11) is 0. The lowest BCUT2D eigenvalue weighted by atomic mass is 10.0. The van der Waals surface area contributed by atoms with E-state index < -0.39 is 0 Å². The second-order valence-electron chi connectivity index (χ2n) is 6.59. The van der Waals surface area contributed by atoms with Crippen LogP contribution in [0, 0.1) is 6.92 Å². The first-order chi connectivity index (χ1) is 11.5. The molecular weight excluding hydrogens is 322 g/mol. The molecule has 0 aromatic carbocycles. The Morgan fingerprint density at radius 3 is 2.92 bits per heavy atom. The standard InChI is InChI=1S/C17H25N5OS/c1-12(2)22-16(23)8-7-15(20-22)21-9-5-4-6-14(21)10-18-17-19-13(3)11-24-17/h7-8,11-12,14H,4-6,9-10H2,1-3H3,(H,18,19). The second kappa shape index (κ2) is 7.34. The van der Waals surface area contributed by atoms with Gasteiger partial charge in [-0.3, -0.25) is 4.79 Å². The van der Waals surface area contributed by atoms with Crippen LogP contribution in [0.3, 0.4) is 0 Å². The summed E-state index contributed by atoms with van der Waals surface area (Å²) in [5.41, 5.74) is 1.01. The van der Waals surface area contributed by atoms with E-state index in [0.717, 1.165) is 42.6 Å². The van der Waals surface area contributed by atoms with Crippen LogP contribution in [0.1, 0.15) is 44.8 Å². The molecule has 0 spiro atoms. The first-order valence-corrected chi connectivity index (χ1v) is 9.45. The smallest absolute Gasteiger partial charge is 0.267 e. The van der Waals surface area contributed by atoms with E-state index in [1.165, 1.54) is 6.42 Å². The van der Waals surface area contributed by atoms with Crippen LogP contribution in [0.5, 0.6) is 0 Å². The first-order valence-electron chi connectivity index (χ1n) is 8.57. The largest absolute Gasteiger partial charge is 0.359 e. The molecule has 3 rings (SSSR count). The van der Waals surface area contributed by atoms with Gasteiger partial charge in [-0.15, -0.1) is 11.3 Å². The minimum Gasteiger partial charge on any atom is -0.359 e. The molecule has 0 amide bonds. The molecule has 0 aliphatic carbocycles. The molecule has 1 saturated heterocycles. The monoisotopic (exact) mass is 347 g/mol. The lowest BCUT2D eigenvalue weighted by Gasteiger charge is -2.36. The van der Waals surface area contributed by atoms with E-state index in [-0.39, 0.29) is 11.6 Å². The van der Waals surface area contributed by atoms with E-state index in [2.05, 4.69) is 25.7 Å². The van der Waals surface area contributed by atoms with Crippen molar-refractivity contribution in [3.8, 4) is 0 Å². The average Bonchev–Trinajstić information content (AvgIpc) is 2.99. The number of nitrogens with one attached hydrogen (secondary N) is 1. The third-order valence-corrected chi connectivity index (χ3v) is 5.25. The van der Waals surface area contributed by atoms with Gasteiger partial charge >= 0.3 is 0 Å². The molecule has 1 unspecified atom stereocenters. The van der Waals surface area contributed by atoms with E-state index in [4.69, 9.17) is 0 Å². The molecule has 1 aliphatic rings. The number of nitrogens with zero attached hydrogens (tertiary/aromatic N) is 4. The highest BCUT2D eigenvalue weighted by atomic mass is 32.1. The Balaban J connectivity index is 1.76. The van der Waals surface area contributed by atoms with Crippen molar-refractivity contribution < 1.29 is 0 Å². The number of thiazole rings is 1. The number of anilines is 2. The van der Waals surface area contributed by atoms with Crippen LogP contribution in [0.25, 0.3) is 0 Å². The molecule has 1 aliphatic heterocycles. The van der Waals surface area contributed by atoms with E-state index in [0.29, 0.717) is 6.04 Å². The summed E-state index contributed by atoms with van der Waals surface area (Å²) in [6.45, 7) is 7.80. The van der Waals surface area contributed by atoms with Gasteiger partial charge in [-0.1, -0.05) is 0 Å². The fraction of sp³-hybridized carbons (Fsp3) is 0.588. The Labute approximate surface area is 146 Å². The molecule has 3 heterocycles. The van der Waals surface area contributed by atoms with Crippen molar-refractivity contribution in [3.05, 3.63) is 33.6 Å². The van der Waals surface area contributed by atoms with E-state index in [1.54, 1.807) is 22.1 Å². The van der Waals surface area contributed by atoms with Gasteiger partial charge in [0.25, 0.3) is 5.56 Å². The summed E-state index contributed by atoms with van der Waals surface area (Å²) in [4.78, 5) is 18.8. The molecule has 0 radical (unpaired) electrons. The van der Waals surface area contributed by atoms with E-state index in [1.807, 2.05) is 26.8 Å². The van der Waals surface area contributed by atoms with Gasteiger partial charge in [0.15, 0.2) is 5.13 Å². The van der Waals surface area contributed by atoms with Crippen molar-refractivity contribution in [2.75, 3.05) is 23.3 Å². The van der Waals surface area contributed by atoms with E-state index >= 15 is 0 Å². The van der Waals surface area contributed by atoms with Gasteiger partial charge in [-0.25, -0.2) is 9.67 Å². The number of aromatic nitrogens is 3. The fourth-order valence-electron chi connectivity index (χ4n) is 3.09. The van der Waals surface area contributed by atoms with Gasteiger partial charge in [0.05, 0.1) is 11.7 Å². The van der Waals surface area contributed by atoms with Crippen LogP contribution >= 0.6 is 11.3 Å². The van der Waals surface area contributed by atoms with Crippen LogP contribution < -0.4 is 15.8 Å². The van der Waals surface area contributed by atoms with Crippen molar-refractivity contribution in [2.24, 2.45) is 0 Å². The molecule has 6 nitrogen and oxygen atoms in total. The van der Waals surface area contributed by atoms with Crippen molar-refractivity contribution in [1.29, 1.82) is 0 Å². The summed E-state index contributed by atoms with van der Waals surface area (Å²) < 4.78 is 1.57. The minimum atomic E-state index is -0.0429. The molecule has 2 aromatic rings. The highest BCUT2D eigenvalue weighted by molar-refractivity contribution is 7.13. The summed E-state index contributed by atoms with van der Waals surface area (Å²) in [6, 6.07) is 3.92. The quantitative estimate of drug-likeness (QED) is 0.900. The fourth-order valence-corrected chi connectivity index (χ4v) is 3.79. The third-order valence-electron chi connectivity index (χ3n) is 4.33. The Morgan fingerprint density at radius 1 is 1.38 bits per heavy atom. The summed E-state index contributed by atoms with van der Waals surface area (Å²) in [5, 5.41) is 11.1. The first kappa shape index (κ1) is 17.0. The number of hydrogen-bond donors (Lipinski definition) is 1. The maximum absolute atomic E-state index is 12.0. The van der Waals surface area contributed by atoms with Gasteiger partial charge in [0.2, 0.25) is 0 Å². The van der Waals surface area contributed by atoms with Crippen molar-refractivity contribution in [2.45, 2.75) is 52.1 Å². The van der Waals surface area contributed by atoms with Crippen LogP contribution in [-0.4, -0.2) is 33.9 Å². The van der Waals surface area contributed by atoms with Crippen LogP contribution in [-0.2, 0) is 0 Å². The van der Waals surface area contributed by atoms with Gasteiger partial charge in [0, 0.05) is 30.6 Å². The molecule has 0 bridgehead atoms. The van der Waals surface area contributed by atoms with Gasteiger partial charge in [-0.2, -0.15) is 5.10 Å². The lowest BCUT2D eigenvalue weighted by molar-refractivity contribution is 0.451. The minimum absolute atomic E-state index is 0.0429. The predicted molar refractivity (Wildman–Crippen MR) is 99.2 cm³/mol. The number of hydrogen-bond acceptors (Lipinski definition) is 6.